The summed E-state index contributed by atoms with van der Waals surface area (Å²) in [6, 6.07) is 3.58. The van der Waals surface area contributed by atoms with Crippen LogP contribution >= 0.6 is 11.6 Å². The van der Waals surface area contributed by atoms with Crippen LogP contribution in [0.1, 0.15) is 6.92 Å². The number of halogens is 5. The summed E-state index contributed by atoms with van der Waals surface area (Å²) in [4.78, 5) is 21.5. The van der Waals surface area contributed by atoms with Gasteiger partial charge in [0.05, 0.1) is 4.90 Å². The van der Waals surface area contributed by atoms with Crippen molar-refractivity contribution in [3.05, 3.63) is 24.3 Å². The molecule has 1 rings (SSSR count). The highest BCUT2D eigenvalue weighted by Gasteiger charge is 2.61. The van der Waals surface area contributed by atoms with Gasteiger partial charge in [-0.1, -0.05) is 11.6 Å². The van der Waals surface area contributed by atoms with Gasteiger partial charge in [0.2, 0.25) is 5.91 Å². The monoisotopic (exact) mass is 376 g/mol. The number of carbonyl (C=O) groups is 2. The minimum atomic E-state index is -5.63. The van der Waals surface area contributed by atoms with Crippen LogP contribution < -0.4 is 10.0 Å². The molecular formula is C11H9ClF4N2O4S. The van der Waals surface area contributed by atoms with Gasteiger partial charge in [0, 0.05) is 12.6 Å². The highest BCUT2D eigenvalue weighted by atomic mass is 35.5. The van der Waals surface area contributed by atoms with E-state index in [0.29, 0.717) is 0 Å². The summed E-state index contributed by atoms with van der Waals surface area (Å²) in [7, 11) is -4.15. The standard InChI is InChI=1S/C11H9ClF4N2O4S/c1-6(19)18-23(21,22)8-4-2-7(3-5-8)17-9(20)10(12,13)11(14,15)16/h2-5H,1H3,(H,17,20)(H,18,19)/t10-/m1/s1. The lowest BCUT2D eigenvalue weighted by molar-refractivity contribution is -0.197. The van der Waals surface area contributed by atoms with Crippen molar-refractivity contribution in [1.29, 1.82) is 0 Å². The Balaban J connectivity index is 2.95. The molecule has 128 valence electrons. The molecule has 1 aromatic carbocycles. The van der Waals surface area contributed by atoms with E-state index >= 15 is 0 Å². The molecule has 0 spiro atoms. The zero-order valence-electron chi connectivity index (χ0n) is 11.2. The third-order valence-electron chi connectivity index (χ3n) is 2.34. The molecule has 0 fully saturated rings. The lowest BCUT2D eigenvalue weighted by Gasteiger charge is -2.20. The van der Waals surface area contributed by atoms with E-state index in [9.17, 15) is 35.6 Å². The van der Waals surface area contributed by atoms with Crippen LogP contribution in [-0.4, -0.2) is 31.5 Å². The fourth-order valence-electron chi connectivity index (χ4n) is 1.30. The summed E-state index contributed by atoms with van der Waals surface area (Å²) in [6.07, 6.45) is -5.63. The van der Waals surface area contributed by atoms with Gasteiger partial charge < -0.3 is 5.32 Å². The van der Waals surface area contributed by atoms with E-state index in [4.69, 9.17) is 0 Å². The van der Waals surface area contributed by atoms with Gasteiger partial charge in [-0.2, -0.15) is 13.2 Å². The predicted molar refractivity (Wildman–Crippen MR) is 71.8 cm³/mol. The van der Waals surface area contributed by atoms with Crippen LogP contribution in [0.3, 0.4) is 0 Å². The van der Waals surface area contributed by atoms with E-state index in [-0.39, 0.29) is 10.6 Å². The van der Waals surface area contributed by atoms with Gasteiger partial charge in [0.25, 0.3) is 15.9 Å². The van der Waals surface area contributed by atoms with Crippen molar-refractivity contribution in [3.63, 3.8) is 0 Å². The Kier molecular flexibility index (Phi) is 5.27. The molecule has 0 bridgehead atoms. The predicted octanol–water partition coefficient (Wildman–Crippen LogP) is 1.92. The first-order valence-corrected chi connectivity index (χ1v) is 7.53. The number of sulfonamides is 1. The summed E-state index contributed by atoms with van der Waals surface area (Å²) < 4.78 is 74.8. The number of anilines is 1. The highest BCUT2D eigenvalue weighted by Crippen LogP contribution is 2.38. The van der Waals surface area contributed by atoms with Gasteiger partial charge in [0.15, 0.2) is 0 Å². The molecule has 0 unspecified atom stereocenters. The second kappa shape index (κ2) is 6.32. The Morgan fingerprint density at radius 2 is 1.57 bits per heavy atom. The molecule has 1 atom stereocenters. The number of alkyl halides is 5. The molecule has 2 N–H and O–H groups in total. The van der Waals surface area contributed by atoms with Gasteiger partial charge in [-0.05, 0) is 24.3 Å². The number of carbonyl (C=O) groups excluding carboxylic acids is 2. The van der Waals surface area contributed by atoms with E-state index in [1.807, 2.05) is 0 Å². The minimum Gasteiger partial charge on any atom is -0.322 e. The summed E-state index contributed by atoms with van der Waals surface area (Å²) in [5.74, 6) is -3.03. The minimum absolute atomic E-state index is 0.330. The fourth-order valence-corrected chi connectivity index (χ4v) is 2.34. The Bertz CT molecular complexity index is 717. The number of hydrogen-bond donors (Lipinski definition) is 2. The Morgan fingerprint density at radius 3 is 1.96 bits per heavy atom. The van der Waals surface area contributed by atoms with Crippen molar-refractivity contribution < 1.29 is 35.6 Å². The lowest BCUT2D eigenvalue weighted by atomic mass is 10.3. The number of hydrogen-bond acceptors (Lipinski definition) is 4. The van der Waals surface area contributed by atoms with Crippen molar-refractivity contribution in [2.24, 2.45) is 0 Å². The second-order valence-corrected chi connectivity index (χ2v) is 6.42. The maximum absolute atomic E-state index is 13.2. The van der Waals surface area contributed by atoms with Crippen molar-refractivity contribution in [1.82, 2.24) is 4.72 Å². The fraction of sp³-hybridized carbons (Fsp3) is 0.273. The molecule has 0 saturated carbocycles. The quantitative estimate of drug-likeness (QED) is 0.620. The third-order valence-corrected chi connectivity index (χ3v) is 4.18. The van der Waals surface area contributed by atoms with Crippen LogP contribution in [0.2, 0.25) is 0 Å². The van der Waals surface area contributed by atoms with Crippen LogP contribution in [-0.2, 0) is 19.6 Å². The molecule has 2 amide bonds. The SMILES string of the molecule is CC(=O)NS(=O)(=O)c1ccc(NC(=O)[C@](F)(Cl)C(F)(F)F)cc1. The molecular weight excluding hydrogens is 368 g/mol. The molecule has 6 nitrogen and oxygen atoms in total. The first-order valence-electron chi connectivity index (χ1n) is 5.67. The molecule has 0 saturated heterocycles. The van der Waals surface area contributed by atoms with Gasteiger partial charge in [-0.3, -0.25) is 9.59 Å². The zero-order valence-corrected chi connectivity index (χ0v) is 12.8. The van der Waals surface area contributed by atoms with Crippen LogP contribution in [0, 0.1) is 0 Å². The molecule has 0 radical (unpaired) electrons. The van der Waals surface area contributed by atoms with Crippen molar-refractivity contribution >= 4 is 39.1 Å². The van der Waals surface area contributed by atoms with Crippen molar-refractivity contribution in [2.45, 2.75) is 23.1 Å². The van der Waals surface area contributed by atoms with Crippen LogP contribution in [0.25, 0.3) is 0 Å². The summed E-state index contributed by atoms with van der Waals surface area (Å²) >= 11 is 4.53. The Hall–Kier alpha value is -1.88. The molecule has 1 aromatic rings. The molecule has 23 heavy (non-hydrogen) atoms. The molecule has 0 heterocycles. The maximum atomic E-state index is 13.2. The molecule has 0 aromatic heterocycles. The number of benzene rings is 1. The Morgan fingerprint density at radius 1 is 1.09 bits per heavy atom. The number of amides is 2. The van der Waals surface area contributed by atoms with Gasteiger partial charge in [-0.25, -0.2) is 17.5 Å². The van der Waals surface area contributed by atoms with Crippen molar-refractivity contribution in [3.8, 4) is 0 Å². The smallest absolute Gasteiger partial charge is 0.322 e. The zero-order chi connectivity index (χ0) is 18.1. The Labute approximate surface area is 132 Å². The topological polar surface area (TPSA) is 92.3 Å². The number of rotatable bonds is 4. The van der Waals surface area contributed by atoms with E-state index in [1.54, 1.807) is 10.0 Å². The van der Waals surface area contributed by atoms with Crippen molar-refractivity contribution in [2.75, 3.05) is 5.32 Å². The van der Waals surface area contributed by atoms with Gasteiger partial charge in [0.1, 0.15) is 0 Å². The first-order chi connectivity index (χ1) is 10.3. The van der Waals surface area contributed by atoms with Crippen LogP contribution in [0.5, 0.6) is 0 Å². The number of nitrogens with one attached hydrogen (secondary N) is 2. The van der Waals surface area contributed by atoms with E-state index < -0.39 is 33.1 Å². The second-order valence-electron chi connectivity index (χ2n) is 4.21. The average molecular weight is 377 g/mol. The van der Waals surface area contributed by atoms with E-state index in [2.05, 4.69) is 11.6 Å². The van der Waals surface area contributed by atoms with Crippen LogP contribution in [0.15, 0.2) is 29.2 Å². The first kappa shape index (κ1) is 19.2. The molecule has 0 aliphatic rings. The van der Waals surface area contributed by atoms with E-state index in [0.717, 1.165) is 31.2 Å². The van der Waals surface area contributed by atoms with Gasteiger partial charge >= 0.3 is 11.3 Å². The summed E-state index contributed by atoms with van der Waals surface area (Å²) in [5, 5.41) is -3.07. The van der Waals surface area contributed by atoms with Crippen LogP contribution in [0.4, 0.5) is 23.2 Å². The molecule has 0 aliphatic carbocycles. The summed E-state index contributed by atoms with van der Waals surface area (Å²) in [5.41, 5.74) is -0.330. The van der Waals surface area contributed by atoms with Gasteiger partial charge in [-0.15, -0.1) is 0 Å². The highest BCUT2D eigenvalue weighted by molar-refractivity contribution is 7.90. The molecule has 12 heteroatoms. The lowest BCUT2D eigenvalue weighted by Crippen LogP contribution is -2.46. The largest absolute Gasteiger partial charge is 0.446 e. The summed E-state index contributed by atoms with van der Waals surface area (Å²) in [6.45, 7) is 0.963. The van der Waals surface area contributed by atoms with E-state index in [1.165, 1.54) is 0 Å². The maximum Gasteiger partial charge on any atom is 0.446 e. The molecule has 0 aliphatic heterocycles. The normalized spacial score (nSPS) is 14.7. The third kappa shape index (κ3) is 4.55. The average Bonchev–Trinajstić information content (AvgIpc) is 2.36.